The molecule has 0 aliphatic rings. The number of hydrogen-bond acceptors (Lipinski definition) is 4. The molecule has 0 spiro atoms. The first kappa shape index (κ1) is 14.5. The minimum Gasteiger partial charge on any atom is -0.492 e. The molecule has 0 fully saturated rings. The molecule has 0 radical (unpaired) electrons. The summed E-state index contributed by atoms with van der Waals surface area (Å²) in [6.07, 6.45) is 8.32. The minimum absolute atomic E-state index is 0.0707. The van der Waals surface area contributed by atoms with Gasteiger partial charge in [-0.2, -0.15) is 0 Å². The van der Waals surface area contributed by atoms with Crippen molar-refractivity contribution < 1.29 is 4.74 Å². The van der Waals surface area contributed by atoms with Crippen molar-refractivity contribution in [2.75, 3.05) is 13.7 Å². The molecule has 1 N–H and O–H groups in total. The molecule has 0 aromatic carbocycles. The maximum atomic E-state index is 5.65. The van der Waals surface area contributed by atoms with Gasteiger partial charge in [0.15, 0.2) is 0 Å². The molecule has 0 aliphatic carbocycles. The van der Waals surface area contributed by atoms with Crippen molar-refractivity contribution in [3.63, 3.8) is 0 Å². The number of hydrogen-bond donors (Lipinski definition) is 1. The van der Waals surface area contributed by atoms with Gasteiger partial charge >= 0.3 is 0 Å². The second-order valence-electron chi connectivity index (χ2n) is 4.76. The van der Waals surface area contributed by atoms with E-state index in [1.54, 1.807) is 6.20 Å². The number of aryl methyl sites for hydroxylation is 1. The van der Waals surface area contributed by atoms with E-state index < -0.39 is 0 Å². The van der Waals surface area contributed by atoms with Crippen molar-refractivity contribution in [1.29, 1.82) is 0 Å². The normalized spacial score (nSPS) is 12.2. The lowest BCUT2D eigenvalue weighted by molar-refractivity contribution is 0.315. The zero-order valence-corrected chi connectivity index (χ0v) is 12.3. The molecular weight excluding hydrogens is 250 g/mol. The van der Waals surface area contributed by atoms with Crippen molar-refractivity contribution in [3.05, 3.63) is 53.6 Å². The predicted octanol–water partition coefficient (Wildman–Crippen LogP) is 2.88. The van der Waals surface area contributed by atoms with Crippen molar-refractivity contribution in [1.82, 2.24) is 15.3 Å². The Morgan fingerprint density at radius 2 is 2.10 bits per heavy atom. The van der Waals surface area contributed by atoms with E-state index in [9.17, 15) is 0 Å². The fraction of sp³-hybridized carbons (Fsp3) is 0.375. The van der Waals surface area contributed by atoms with Crippen LogP contribution in [-0.4, -0.2) is 23.6 Å². The van der Waals surface area contributed by atoms with E-state index in [1.165, 1.54) is 5.56 Å². The maximum Gasteiger partial charge on any atom is 0.137 e. The second-order valence-corrected chi connectivity index (χ2v) is 4.76. The van der Waals surface area contributed by atoms with Crippen LogP contribution in [0.15, 0.2) is 36.9 Å². The van der Waals surface area contributed by atoms with Gasteiger partial charge in [-0.15, -0.1) is 0 Å². The smallest absolute Gasteiger partial charge is 0.137 e. The Balaban J connectivity index is 2.30. The number of nitrogens with one attached hydrogen (secondary N) is 1. The molecule has 2 aromatic rings. The van der Waals surface area contributed by atoms with Gasteiger partial charge in [0.05, 0.1) is 18.8 Å². The molecule has 0 saturated heterocycles. The Kier molecular flexibility index (Phi) is 5.07. The quantitative estimate of drug-likeness (QED) is 0.877. The van der Waals surface area contributed by atoms with Crippen LogP contribution in [0.5, 0.6) is 5.75 Å². The molecule has 20 heavy (non-hydrogen) atoms. The molecule has 1 unspecified atom stereocenters. The first-order valence-electron chi connectivity index (χ1n) is 6.91. The molecule has 0 aliphatic heterocycles. The minimum atomic E-state index is 0.0707. The summed E-state index contributed by atoms with van der Waals surface area (Å²) < 4.78 is 5.65. The summed E-state index contributed by atoms with van der Waals surface area (Å²) >= 11 is 0. The number of ether oxygens (including phenoxy) is 1. The summed E-state index contributed by atoms with van der Waals surface area (Å²) in [5.41, 5.74) is 3.45. The van der Waals surface area contributed by atoms with Crippen LogP contribution in [0.2, 0.25) is 0 Å². The number of pyridine rings is 2. The third-order valence-electron chi connectivity index (χ3n) is 3.22. The third-order valence-corrected chi connectivity index (χ3v) is 3.22. The maximum absolute atomic E-state index is 5.65. The fourth-order valence-corrected chi connectivity index (χ4v) is 2.17. The van der Waals surface area contributed by atoms with Gasteiger partial charge in [-0.05, 0) is 49.2 Å². The molecule has 2 heterocycles. The van der Waals surface area contributed by atoms with Crippen molar-refractivity contribution in [2.24, 2.45) is 0 Å². The SMILES string of the molecule is CCCOc1cncc(C(NC)c2cnccc2C)c1. The molecule has 2 rings (SSSR count). The molecular formula is C16H21N3O. The number of aromatic nitrogens is 2. The van der Waals surface area contributed by atoms with Crippen LogP contribution < -0.4 is 10.1 Å². The van der Waals surface area contributed by atoms with Crippen LogP contribution in [0.25, 0.3) is 0 Å². The van der Waals surface area contributed by atoms with Crippen LogP contribution in [0, 0.1) is 6.92 Å². The summed E-state index contributed by atoms with van der Waals surface area (Å²) in [5.74, 6) is 0.811. The summed E-state index contributed by atoms with van der Waals surface area (Å²) in [4.78, 5) is 8.50. The van der Waals surface area contributed by atoms with Crippen molar-refractivity contribution >= 4 is 0 Å². The molecule has 106 valence electrons. The van der Waals surface area contributed by atoms with E-state index in [2.05, 4.69) is 29.1 Å². The summed E-state index contributed by atoms with van der Waals surface area (Å²) in [6.45, 7) is 4.89. The number of rotatable bonds is 6. The van der Waals surface area contributed by atoms with Crippen LogP contribution in [-0.2, 0) is 0 Å². The van der Waals surface area contributed by atoms with Gasteiger partial charge in [-0.25, -0.2) is 0 Å². The second kappa shape index (κ2) is 7.01. The Labute approximate surface area is 120 Å². The highest BCUT2D eigenvalue weighted by molar-refractivity contribution is 5.36. The summed E-state index contributed by atoms with van der Waals surface area (Å²) in [6, 6.07) is 4.13. The molecule has 4 heteroatoms. The topological polar surface area (TPSA) is 47.0 Å². The molecule has 2 aromatic heterocycles. The average Bonchev–Trinajstić information content (AvgIpc) is 2.48. The van der Waals surface area contributed by atoms with Gasteiger partial charge in [-0.3, -0.25) is 9.97 Å². The molecule has 4 nitrogen and oxygen atoms in total. The fourth-order valence-electron chi connectivity index (χ4n) is 2.17. The Bertz CT molecular complexity index is 557. The van der Waals surface area contributed by atoms with Gasteiger partial charge in [0, 0.05) is 18.6 Å². The first-order chi connectivity index (χ1) is 9.76. The van der Waals surface area contributed by atoms with E-state index in [4.69, 9.17) is 4.74 Å². The van der Waals surface area contributed by atoms with E-state index in [0.717, 1.165) is 23.3 Å². The van der Waals surface area contributed by atoms with Crippen molar-refractivity contribution in [2.45, 2.75) is 26.3 Å². The standard InChI is InChI=1S/C16H21N3O/c1-4-7-20-14-8-13(9-19-10-14)16(17-3)15-11-18-6-5-12(15)2/h5-6,8-11,16-17H,4,7H2,1-3H3. The van der Waals surface area contributed by atoms with Gasteiger partial charge < -0.3 is 10.1 Å². The largest absolute Gasteiger partial charge is 0.492 e. The Morgan fingerprint density at radius 3 is 2.80 bits per heavy atom. The van der Waals surface area contributed by atoms with Crippen molar-refractivity contribution in [3.8, 4) is 5.75 Å². The molecule has 0 amide bonds. The van der Waals surface area contributed by atoms with E-state index >= 15 is 0 Å². The molecule has 0 saturated carbocycles. The Hall–Kier alpha value is -1.94. The highest BCUT2D eigenvalue weighted by Crippen LogP contribution is 2.25. The van der Waals surface area contributed by atoms with Crippen LogP contribution in [0.1, 0.15) is 36.1 Å². The lowest BCUT2D eigenvalue weighted by Crippen LogP contribution is -2.19. The van der Waals surface area contributed by atoms with Crippen LogP contribution in [0.4, 0.5) is 0 Å². The monoisotopic (exact) mass is 271 g/mol. The lowest BCUT2D eigenvalue weighted by atomic mass is 9.98. The Morgan fingerprint density at radius 1 is 1.25 bits per heavy atom. The average molecular weight is 271 g/mol. The summed E-state index contributed by atoms with van der Waals surface area (Å²) in [5, 5.41) is 3.32. The van der Waals surface area contributed by atoms with Gasteiger partial charge in [0.2, 0.25) is 0 Å². The summed E-state index contributed by atoms with van der Waals surface area (Å²) in [7, 11) is 1.94. The van der Waals surface area contributed by atoms with E-state index in [1.807, 2.05) is 37.8 Å². The lowest BCUT2D eigenvalue weighted by Gasteiger charge is -2.19. The highest BCUT2D eigenvalue weighted by Gasteiger charge is 2.15. The van der Waals surface area contributed by atoms with E-state index in [-0.39, 0.29) is 6.04 Å². The molecule has 0 bridgehead atoms. The van der Waals surface area contributed by atoms with E-state index in [0.29, 0.717) is 6.61 Å². The van der Waals surface area contributed by atoms with Gasteiger partial charge in [0.1, 0.15) is 5.75 Å². The third kappa shape index (κ3) is 3.33. The van der Waals surface area contributed by atoms with Crippen LogP contribution >= 0.6 is 0 Å². The molecule has 1 atom stereocenters. The van der Waals surface area contributed by atoms with Gasteiger partial charge in [0.25, 0.3) is 0 Å². The van der Waals surface area contributed by atoms with Gasteiger partial charge in [-0.1, -0.05) is 6.92 Å². The zero-order chi connectivity index (χ0) is 14.4. The first-order valence-corrected chi connectivity index (χ1v) is 6.91. The number of nitrogens with zero attached hydrogens (tertiary/aromatic N) is 2. The zero-order valence-electron chi connectivity index (χ0n) is 12.3. The highest BCUT2D eigenvalue weighted by atomic mass is 16.5. The van der Waals surface area contributed by atoms with Crippen LogP contribution in [0.3, 0.4) is 0 Å². The predicted molar refractivity (Wildman–Crippen MR) is 79.9 cm³/mol.